The van der Waals surface area contributed by atoms with Crippen molar-refractivity contribution in [3.63, 3.8) is 0 Å². The maximum absolute atomic E-state index is 10.6. The Hall–Kier alpha value is -1.69. The summed E-state index contributed by atoms with van der Waals surface area (Å²) in [5.74, 6) is 0.447. The molecular weight excluding hydrogens is 246 g/mol. The van der Waals surface area contributed by atoms with Gasteiger partial charge in [0.25, 0.3) is 0 Å². The standard InChI is InChI=1S/C10H12ClN3O3/c1-17-9-8(2-6(11)3-12-9)13-7-4-14(5-7)10(15)16/h2-3,7,13H,4-5H2,1H3,(H,15,16). The van der Waals surface area contributed by atoms with E-state index in [9.17, 15) is 4.79 Å². The zero-order valence-electron chi connectivity index (χ0n) is 9.18. The van der Waals surface area contributed by atoms with Gasteiger partial charge in [0.1, 0.15) is 0 Å². The normalized spacial score (nSPS) is 15.3. The monoisotopic (exact) mass is 257 g/mol. The van der Waals surface area contributed by atoms with Gasteiger partial charge in [-0.1, -0.05) is 11.6 Å². The third kappa shape index (κ3) is 2.52. The van der Waals surface area contributed by atoms with E-state index in [0.717, 1.165) is 0 Å². The summed E-state index contributed by atoms with van der Waals surface area (Å²) >= 11 is 5.83. The minimum absolute atomic E-state index is 0.0697. The van der Waals surface area contributed by atoms with Crippen molar-refractivity contribution in [2.75, 3.05) is 25.5 Å². The van der Waals surface area contributed by atoms with E-state index in [1.54, 1.807) is 6.07 Å². The topological polar surface area (TPSA) is 74.7 Å². The minimum Gasteiger partial charge on any atom is -0.480 e. The molecular formula is C10H12ClN3O3. The van der Waals surface area contributed by atoms with Gasteiger partial charge >= 0.3 is 6.09 Å². The fraction of sp³-hybridized carbons (Fsp3) is 0.400. The van der Waals surface area contributed by atoms with Crippen molar-refractivity contribution >= 4 is 23.4 Å². The maximum Gasteiger partial charge on any atom is 0.407 e. The first-order chi connectivity index (χ1) is 8.10. The third-order valence-corrected chi connectivity index (χ3v) is 2.73. The highest BCUT2D eigenvalue weighted by Crippen LogP contribution is 2.26. The average Bonchev–Trinajstić information content (AvgIpc) is 2.22. The van der Waals surface area contributed by atoms with Gasteiger partial charge in [-0.25, -0.2) is 9.78 Å². The Balaban J connectivity index is 2.00. The lowest BCUT2D eigenvalue weighted by Gasteiger charge is -2.38. The predicted molar refractivity (Wildman–Crippen MR) is 62.8 cm³/mol. The van der Waals surface area contributed by atoms with E-state index in [0.29, 0.717) is 29.7 Å². The smallest absolute Gasteiger partial charge is 0.407 e. The molecule has 0 unspecified atom stereocenters. The first-order valence-corrected chi connectivity index (χ1v) is 5.42. The van der Waals surface area contributed by atoms with E-state index < -0.39 is 6.09 Å². The summed E-state index contributed by atoms with van der Waals surface area (Å²) < 4.78 is 5.08. The number of hydrogen-bond donors (Lipinski definition) is 2. The predicted octanol–water partition coefficient (Wildman–Crippen LogP) is 1.52. The number of hydrogen-bond acceptors (Lipinski definition) is 4. The molecule has 0 aromatic carbocycles. The lowest BCUT2D eigenvalue weighted by Crippen LogP contribution is -2.56. The van der Waals surface area contributed by atoms with E-state index in [1.165, 1.54) is 18.2 Å². The number of halogens is 1. The second kappa shape index (κ2) is 4.67. The number of amides is 1. The molecule has 0 aliphatic carbocycles. The molecule has 1 aromatic heterocycles. The van der Waals surface area contributed by atoms with Gasteiger partial charge in [-0.05, 0) is 6.07 Å². The maximum atomic E-state index is 10.6. The number of aromatic nitrogens is 1. The molecule has 0 saturated carbocycles. The lowest BCUT2D eigenvalue weighted by molar-refractivity contribution is 0.111. The Kier molecular flexibility index (Phi) is 3.23. The van der Waals surface area contributed by atoms with Crippen LogP contribution in [0.5, 0.6) is 5.88 Å². The number of rotatable bonds is 3. The quantitative estimate of drug-likeness (QED) is 0.859. The molecule has 2 N–H and O–H groups in total. The largest absolute Gasteiger partial charge is 0.480 e. The highest BCUT2D eigenvalue weighted by Gasteiger charge is 2.30. The average molecular weight is 258 g/mol. The second-order valence-corrected chi connectivity index (χ2v) is 4.18. The summed E-state index contributed by atoms with van der Waals surface area (Å²) in [4.78, 5) is 15.9. The summed E-state index contributed by atoms with van der Waals surface area (Å²) in [6.07, 6.45) is 0.592. The molecule has 1 aliphatic heterocycles. The van der Waals surface area contributed by atoms with Crippen molar-refractivity contribution in [1.82, 2.24) is 9.88 Å². The van der Waals surface area contributed by atoms with Crippen LogP contribution in [0.2, 0.25) is 5.02 Å². The van der Waals surface area contributed by atoms with Crippen LogP contribution in [0.1, 0.15) is 0 Å². The van der Waals surface area contributed by atoms with Gasteiger partial charge in [0.15, 0.2) is 0 Å². The van der Waals surface area contributed by atoms with Gasteiger partial charge in [0.2, 0.25) is 5.88 Å². The molecule has 7 heteroatoms. The molecule has 17 heavy (non-hydrogen) atoms. The van der Waals surface area contributed by atoms with Crippen LogP contribution in [0.25, 0.3) is 0 Å². The zero-order valence-corrected chi connectivity index (χ0v) is 9.94. The SMILES string of the molecule is COc1ncc(Cl)cc1NC1CN(C(=O)O)C1. The van der Waals surface area contributed by atoms with Crippen molar-refractivity contribution in [2.45, 2.75) is 6.04 Å². The van der Waals surface area contributed by atoms with E-state index in [2.05, 4.69) is 10.3 Å². The van der Waals surface area contributed by atoms with Crippen LogP contribution in [-0.2, 0) is 0 Å². The van der Waals surface area contributed by atoms with Crippen molar-refractivity contribution in [3.05, 3.63) is 17.3 Å². The number of anilines is 1. The second-order valence-electron chi connectivity index (χ2n) is 3.74. The number of nitrogens with one attached hydrogen (secondary N) is 1. The van der Waals surface area contributed by atoms with Crippen molar-refractivity contribution < 1.29 is 14.6 Å². The molecule has 1 saturated heterocycles. The molecule has 1 aromatic rings. The molecule has 1 aliphatic rings. The van der Waals surface area contributed by atoms with Crippen molar-refractivity contribution in [2.24, 2.45) is 0 Å². The molecule has 0 spiro atoms. The number of methoxy groups -OCH3 is 1. The van der Waals surface area contributed by atoms with Crippen LogP contribution in [0.3, 0.4) is 0 Å². The fourth-order valence-electron chi connectivity index (χ4n) is 1.64. The molecule has 0 radical (unpaired) electrons. The first kappa shape index (κ1) is 11.8. The van der Waals surface area contributed by atoms with E-state index in [4.69, 9.17) is 21.4 Å². The Bertz CT molecular complexity index is 435. The van der Waals surface area contributed by atoms with Crippen LogP contribution in [0.4, 0.5) is 10.5 Å². The van der Waals surface area contributed by atoms with Gasteiger partial charge in [0, 0.05) is 19.3 Å². The van der Waals surface area contributed by atoms with Crippen molar-refractivity contribution in [1.29, 1.82) is 0 Å². The van der Waals surface area contributed by atoms with Gasteiger partial charge in [-0.15, -0.1) is 0 Å². The van der Waals surface area contributed by atoms with Gasteiger partial charge in [-0.2, -0.15) is 0 Å². The van der Waals surface area contributed by atoms with Crippen LogP contribution in [0, 0.1) is 0 Å². The summed E-state index contributed by atoms with van der Waals surface area (Å²) in [5, 5.41) is 12.4. The molecule has 1 fully saturated rings. The van der Waals surface area contributed by atoms with Crippen LogP contribution >= 0.6 is 11.6 Å². The lowest BCUT2D eigenvalue weighted by atomic mass is 10.1. The number of pyridine rings is 1. The Morgan fingerprint density at radius 2 is 2.41 bits per heavy atom. The van der Waals surface area contributed by atoms with Crippen LogP contribution in [-0.4, -0.2) is 47.3 Å². The zero-order chi connectivity index (χ0) is 12.4. The molecule has 2 rings (SSSR count). The highest BCUT2D eigenvalue weighted by molar-refractivity contribution is 6.30. The Morgan fingerprint density at radius 1 is 1.71 bits per heavy atom. The molecule has 0 bridgehead atoms. The van der Waals surface area contributed by atoms with E-state index in [1.807, 2.05) is 0 Å². The van der Waals surface area contributed by atoms with Gasteiger partial charge in [-0.3, -0.25) is 0 Å². The minimum atomic E-state index is -0.903. The van der Waals surface area contributed by atoms with Crippen molar-refractivity contribution in [3.8, 4) is 5.88 Å². The molecule has 2 heterocycles. The fourth-order valence-corrected chi connectivity index (χ4v) is 1.80. The highest BCUT2D eigenvalue weighted by atomic mass is 35.5. The Morgan fingerprint density at radius 3 is 3.00 bits per heavy atom. The molecule has 0 atom stereocenters. The number of nitrogens with zero attached hydrogens (tertiary/aromatic N) is 2. The third-order valence-electron chi connectivity index (χ3n) is 2.52. The molecule has 6 nitrogen and oxygen atoms in total. The van der Waals surface area contributed by atoms with Crippen LogP contribution in [0.15, 0.2) is 12.3 Å². The number of ether oxygens (including phenoxy) is 1. The summed E-state index contributed by atoms with van der Waals surface area (Å²) in [7, 11) is 1.52. The molecule has 92 valence electrons. The van der Waals surface area contributed by atoms with Gasteiger partial charge < -0.3 is 20.1 Å². The van der Waals surface area contributed by atoms with E-state index >= 15 is 0 Å². The van der Waals surface area contributed by atoms with E-state index in [-0.39, 0.29) is 6.04 Å². The van der Waals surface area contributed by atoms with Crippen LogP contribution < -0.4 is 10.1 Å². The van der Waals surface area contributed by atoms with Gasteiger partial charge in [0.05, 0.1) is 23.9 Å². The number of carbonyl (C=O) groups is 1. The summed E-state index contributed by atoms with van der Waals surface area (Å²) in [6.45, 7) is 0.899. The Labute approximate surface area is 103 Å². The number of likely N-dealkylation sites (tertiary alicyclic amines) is 1. The molecule has 1 amide bonds. The summed E-state index contributed by atoms with van der Waals surface area (Å²) in [5.41, 5.74) is 0.676. The summed E-state index contributed by atoms with van der Waals surface area (Å²) in [6, 6.07) is 1.77. The first-order valence-electron chi connectivity index (χ1n) is 5.04. The number of carboxylic acid groups (broad SMARTS) is 1.